The van der Waals surface area contributed by atoms with Crippen LogP contribution in [0.2, 0.25) is 0 Å². The molecule has 0 saturated carbocycles. The summed E-state index contributed by atoms with van der Waals surface area (Å²) in [6, 6.07) is 6.93. The molecular formula is C14H18O2. The van der Waals surface area contributed by atoms with Crippen molar-refractivity contribution in [1.29, 1.82) is 0 Å². The lowest BCUT2D eigenvalue weighted by Gasteiger charge is -1.96. The summed E-state index contributed by atoms with van der Waals surface area (Å²) in [6.07, 6.45) is 9.00. The molecule has 0 atom stereocenters. The second-order valence-electron chi connectivity index (χ2n) is 3.83. The highest BCUT2D eigenvalue weighted by molar-refractivity contribution is 5.87. The molecule has 0 saturated heterocycles. The third kappa shape index (κ3) is 4.30. The van der Waals surface area contributed by atoms with Crippen molar-refractivity contribution >= 4 is 12.0 Å². The summed E-state index contributed by atoms with van der Waals surface area (Å²) < 4.78 is 0. The Kier molecular flexibility index (Phi) is 5.34. The zero-order valence-corrected chi connectivity index (χ0v) is 9.65. The molecule has 2 heteroatoms. The van der Waals surface area contributed by atoms with Gasteiger partial charge in [0.25, 0.3) is 0 Å². The van der Waals surface area contributed by atoms with Gasteiger partial charge in [-0.25, -0.2) is 4.79 Å². The number of carbonyl (C=O) groups is 1. The van der Waals surface area contributed by atoms with E-state index in [0.717, 1.165) is 12.0 Å². The number of hydrogen-bond acceptors (Lipinski definition) is 1. The van der Waals surface area contributed by atoms with E-state index in [4.69, 9.17) is 5.11 Å². The monoisotopic (exact) mass is 218 g/mol. The van der Waals surface area contributed by atoms with E-state index in [0.29, 0.717) is 5.56 Å². The topological polar surface area (TPSA) is 37.3 Å². The summed E-state index contributed by atoms with van der Waals surface area (Å²) in [5.74, 6) is -0.876. The molecule has 0 bridgehead atoms. The average Bonchev–Trinajstić information content (AvgIpc) is 2.29. The Morgan fingerprint density at radius 2 is 1.94 bits per heavy atom. The number of unbranched alkanes of at least 4 members (excludes halogenated alkanes) is 3. The van der Waals surface area contributed by atoms with E-state index < -0.39 is 5.97 Å². The molecule has 0 aliphatic rings. The van der Waals surface area contributed by atoms with Gasteiger partial charge in [0.05, 0.1) is 5.56 Å². The van der Waals surface area contributed by atoms with Gasteiger partial charge in [0.1, 0.15) is 0 Å². The van der Waals surface area contributed by atoms with Gasteiger partial charge in [-0.1, -0.05) is 44.1 Å². The first kappa shape index (κ1) is 12.5. The molecular weight excluding hydrogens is 200 g/mol. The van der Waals surface area contributed by atoms with Crippen LogP contribution < -0.4 is 0 Å². The van der Waals surface area contributed by atoms with Crippen LogP contribution in [0.4, 0.5) is 0 Å². The van der Waals surface area contributed by atoms with Gasteiger partial charge >= 0.3 is 5.97 Å². The van der Waals surface area contributed by atoms with Crippen LogP contribution in [0, 0.1) is 0 Å². The Hall–Kier alpha value is -1.57. The van der Waals surface area contributed by atoms with E-state index in [2.05, 4.69) is 13.0 Å². The summed E-state index contributed by atoms with van der Waals surface area (Å²) in [5.41, 5.74) is 1.39. The van der Waals surface area contributed by atoms with Crippen LogP contribution in [0.5, 0.6) is 0 Å². The standard InChI is InChI=1S/C14H18O2/c1-2-3-4-5-6-7-12-8-10-13(11-9-12)14(15)16/h6-11H,2-5H2,1H3,(H,15,16)/b7-6+. The molecule has 0 aliphatic heterocycles. The number of carboxylic acid groups (broad SMARTS) is 1. The Morgan fingerprint density at radius 3 is 2.50 bits per heavy atom. The molecule has 16 heavy (non-hydrogen) atoms. The van der Waals surface area contributed by atoms with Crippen molar-refractivity contribution in [3.05, 3.63) is 41.5 Å². The quantitative estimate of drug-likeness (QED) is 0.733. The van der Waals surface area contributed by atoms with Gasteiger partial charge in [0.2, 0.25) is 0 Å². The van der Waals surface area contributed by atoms with Crippen LogP contribution in [0.15, 0.2) is 30.3 Å². The predicted molar refractivity (Wildman–Crippen MR) is 66.6 cm³/mol. The summed E-state index contributed by atoms with van der Waals surface area (Å²) in [7, 11) is 0. The Balaban J connectivity index is 2.45. The van der Waals surface area contributed by atoms with Crippen molar-refractivity contribution in [3.8, 4) is 0 Å². The van der Waals surface area contributed by atoms with E-state index in [1.807, 2.05) is 18.2 Å². The highest BCUT2D eigenvalue weighted by Gasteiger charge is 1.99. The zero-order chi connectivity index (χ0) is 11.8. The number of allylic oxidation sites excluding steroid dienone is 1. The van der Waals surface area contributed by atoms with Crippen LogP contribution in [0.25, 0.3) is 6.08 Å². The molecule has 0 aromatic heterocycles. The van der Waals surface area contributed by atoms with Crippen molar-refractivity contribution in [3.63, 3.8) is 0 Å². The Bertz CT molecular complexity index is 350. The SMILES string of the molecule is CCCCC/C=C/c1ccc(C(=O)O)cc1. The van der Waals surface area contributed by atoms with Gasteiger partial charge in [0.15, 0.2) is 0 Å². The molecule has 1 aromatic rings. The molecule has 86 valence electrons. The highest BCUT2D eigenvalue weighted by Crippen LogP contribution is 2.08. The largest absolute Gasteiger partial charge is 0.478 e. The fraction of sp³-hybridized carbons (Fsp3) is 0.357. The number of carboxylic acids is 1. The van der Waals surface area contributed by atoms with Crippen molar-refractivity contribution in [2.75, 3.05) is 0 Å². The summed E-state index contributed by atoms with van der Waals surface area (Å²) >= 11 is 0. The molecule has 2 nitrogen and oxygen atoms in total. The number of benzene rings is 1. The summed E-state index contributed by atoms with van der Waals surface area (Å²) in [4.78, 5) is 10.6. The molecule has 1 N–H and O–H groups in total. The third-order valence-electron chi connectivity index (χ3n) is 2.44. The van der Waals surface area contributed by atoms with Crippen LogP contribution in [-0.4, -0.2) is 11.1 Å². The Labute approximate surface area is 96.6 Å². The van der Waals surface area contributed by atoms with Gasteiger partial charge < -0.3 is 5.11 Å². The smallest absolute Gasteiger partial charge is 0.335 e. The number of hydrogen-bond donors (Lipinski definition) is 1. The van der Waals surface area contributed by atoms with E-state index in [1.165, 1.54) is 19.3 Å². The fourth-order valence-corrected chi connectivity index (χ4v) is 1.47. The minimum atomic E-state index is -0.876. The van der Waals surface area contributed by atoms with Gasteiger partial charge in [-0.2, -0.15) is 0 Å². The molecule has 1 rings (SSSR count). The van der Waals surface area contributed by atoms with E-state index in [1.54, 1.807) is 12.1 Å². The minimum absolute atomic E-state index is 0.336. The maximum Gasteiger partial charge on any atom is 0.335 e. The second-order valence-corrected chi connectivity index (χ2v) is 3.83. The van der Waals surface area contributed by atoms with Crippen LogP contribution in [-0.2, 0) is 0 Å². The summed E-state index contributed by atoms with van der Waals surface area (Å²) in [5, 5.41) is 8.73. The maximum atomic E-state index is 10.6. The first-order valence-electron chi connectivity index (χ1n) is 5.74. The fourth-order valence-electron chi connectivity index (χ4n) is 1.47. The van der Waals surface area contributed by atoms with Crippen LogP contribution >= 0.6 is 0 Å². The molecule has 0 spiro atoms. The lowest BCUT2D eigenvalue weighted by molar-refractivity contribution is 0.0697. The van der Waals surface area contributed by atoms with Gasteiger partial charge in [-0.05, 0) is 30.5 Å². The van der Waals surface area contributed by atoms with Crippen molar-refractivity contribution in [2.24, 2.45) is 0 Å². The number of aromatic carboxylic acids is 1. The highest BCUT2D eigenvalue weighted by atomic mass is 16.4. The molecule has 0 aliphatic carbocycles. The first-order chi connectivity index (χ1) is 7.74. The van der Waals surface area contributed by atoms with Crippen molar-refractivity contribution < 1.29 is 9.90 Å². The maximum absolute atomic E-state index is 10.6. The van der Waals surface area contributed by atoms with Gasteiger partial charge in [0, 0.05) is 0 Å². The lowest BCUT2D eigenvalue weighted by Crippen LogP contribution is -1.94. The molecule has 0 fully saturated rings. The molecule has 0 amide bonds. The normalized spacial score (nSPS) is 10.8. The van der Waals surface area contributed by atoms with Crippen molar-refractivity contribution in [1.82, 2.24) is 0 Å². The molecule has 0 radical (unpaired) electrons. The van der Waals surface area contributed by atoms with Gasteiger partial charge in [-0.3, -0.25) is 0 Å². The number of rotatable bonds is 6. The second kappa shape index (κ2) is 6.83. The van der Waals surface area contributed by atoms with Crippen LogP contribution in [0.3, 0.4) is 0 Å². The van der Waals surface area contributed by atoms with E-state index >= 15 is 0 Å². The summed E-state index contributed by atoms with van der Waals surface area (Å²) in [6.45, 7) is 2.19. The van der Waals surface area contributed by atoms with E-state index in [-0.39, 0.29) is 0 Å². The van der Waals surface area contributed by atoms with Crippen molar-refractivity contribution in [2.45, 2.75) is 32.6 Å². The Morgan fingerprint density at radius 1 is 1.25 bits per heavy atom. The lowest BCUT2D eigenvalue weighted by atomic mass is 10.1. The first-order valence-corrected chi connectivity index (χ1v) is 5.74. The molecule has 0 unspecified atom stereocenters. The average molecular weight is 218 g/mol. The zero-order valence-electron chi connectivity index (χ0n) is 9.65. The third-order valence-corrected chi connectivity index (χ3v) is 2.44. The molecule has 1 aromatic carbocycles. The minimum Gasteiger partial charge on any atom is -0.478 e. The van der Waals surface area contributed by atoms with Gasteiger partial charge in [-0.15, -0.1) is 0 Å². The van der Waals surface area contributed by atoms with E-state index in [9.17, 15) is 4.79 Å². The predicted octanol–water partition coefficient (Wildman–Crippen LogP) is 3.98. The van der Waals surface area contributed by atoms with Crippen LogP contribution in [0.1, 0.15) is 48.5 Å². The molecule has 0 heterocycles.